The Labute approximate surface area is 133 Å². The molecule has 0 radical (unpaired) electrons. The second-order valence-corrected chi connectivity index (χ2v) is 5.99. The van der Waals surface area contributed by atoms with E-state index in [1.807, 2.05) is 0 Å². The van der Waals surface area contributed by atoms with Crippen LogP contribution in [0.15, 0.2) is 12.2 Å². The van der Waals surface area contributed by atoms with Crippen LogP contribution in [0.2, 0.25) is 0 Å². The van der Waals surface area contributed by atoms with E-state index >= 15 is 0 Å². The molecule has 0 saturated carbocycles. The average molecular weight is 347 g/mol. The van der Waals surface area contributed by atoms with Crippen molar-refractivity contribution < 1.29 is 9.53 Å². The Bertz CT molecular complexity index is 239. The first-order valence-electron chi connectivity index (χ1n) is 8.14. The summed E-state index contributed by atoms with van der Waals surface area (Å²) in [7, 11) is 0. The summed E-state index contributed by atoms with van der Waals surface area (Å²) in [5, 5.41) is 1.07. The van der Waals surface area contributed by atoms with Crippen LogP contribution in [0.25, 0.3) is 0 Å². The van der Waals surface area contributed by atoms with E-state index in [2.05, 4.69) is 35.0 Å². The molecule has 0 aromatic heterocycles. The number of allylic oxidation sites excluding steroid dienone is 2. The number of alkyl halides is 1. The zero-order valence-electron chi connectivity index (χ0n) is 13.0. The molecular formula is C17H31BrO2. The first kappa shape index (κ1) is 19.7. The van der Waals surface area contributed by atoms with E-state index in [-0.39, 0.29) is 5.97 Å². The van der Waals surface area contributed by atoms with Crippen molar-refractivity contribution in [1.82, 2.24) is 0 Å². The number of carbonyl (C=O) groups excluding carboxylic acids is 1. The third-order valence-electron chi connectivity index (χ3n) is 3.28. The van der Waals surface area contributed by atoms with Gasteiger partial charge in [-0.2, -0.15) is 0 Å². The van der Waals surface area contributed by atoms with Crippen LogP contribution in [0.3, 0.4) is 0 Å². The molecule has 0 unspecified atom stereocenters. The lowest BCUT2D eigenvalue weighted by molar-refractivity contribution is -0.143. The minimum absolute atomic E-state index is 0.0144. The van der Waals surface area contributed by atoms with Crippen molar-refractivity contribution in [1.29, 1.82) is 0 Å². The molecule has 0 saturated heterocycles. The highest BCUT2D eigenvalue weighted by molar-refractivity contribution is 9.09. The van der Waals surface area contributed by atoms with Gasteiger partial charge in [-0.1, -0.05) is 60.2 Å². The normalized spacial score (nSPS) is 11.1. The first-order chi connectivity index (χ1) is 9.81. The minimum Gasteiger partial charge on any atom is -0.466 e. The van der Waals surface area contributed by atoms with Gasteiger partial charge in [-0.3, -0.25) is 4.79 Å². The molecule has 0 aromatic rings. The van der Waals surface area contributed by atoms with E-state index in [9.17, 15) is 4.79 Å². The highest BCUT2D eigenvalue weighted by Crippen LogP contribution is 2.08. The molecule has 0 atom stereocenters. The van der Waals surface area contributed by atoms with Gasteiger partial charge in [0.1, 0.15) is 0 Å². The van der Waals surface area contributed by atoms with Crippen LogP contribution in [0.5, 0.6) is 0 Å². The maximum absolute atomic E-state index is 11.5. The molecule has 0 aliphatic carbocycles. The van der Waals surface area contributed by atoms with Gasteiger partial charge in [-0.15, -0.1) is 0 Å². The van der Waals surface area contributed by atoms with Gasteiger partial charge in [0.05, 0.1) is 6.61 Å². The molecule has 2 nitrogen and oxygen atoms in total. The van der Waals surface area contributed by atoms with Gasteiger partial charge < -0.3 is 4.74 Å². The zero-order chi connectivity index (χ0) is 14.9. The van der Waals surface area contributed by atoms with Gasteiger partial charge in [0, 0.05) is 11.8 Å². The van der Waals surface area contributed by atoms with Crippen LogP contribution in [0, 0.1) is 0 Å². The van der Waals surface area contributed by atoms with E-state index in [0.717, 1.165) is 31.0 Å². The lowest BCUT2D eigenvalue weighted by Gasteiger charge is -2.04. The van der Waals surface area contributed by atoms with Gasteiger partial charge >= 0.3 is 5.97 Å². The van der Waals surface area contributed by atoms with Crippen molar-refractivity contribution >= 4 is 21.9 Å². The van der Waals surface area contributed by atoms with Crippen molar-refractivity contribution in [3.05, 3.63) is 12.2 Å². The molecule has 0 rings (SSSR count). The van der Waals surface area contributed by atoms with Crippen molar-refractivity contribution in [3.8, 4) is 0 Å². The van der Waals surface area contributed by atoms with Crippen LogP contribution < -0.4 is 0 Å². The number of carbonyl (C=O) groups is 1. The zero-order valence-corrected chi connectivity index (χ0v) is 14.6. The van der Waals surface area contributed by atoms with Gasteiger partial charge in [-0.25, -0.2) is 0 Å². The Kier molecular flexibility index (Phi) is 16.5. The fourth-order valence-electron chi connectivity index (χ4n) is 2.04. The second-order valence-electron chi connectivity index (χ2n) is 5.20. The Hall–Kier alpha value is -0.310. The molecular weight excluding hydrogens is 316 g/mol. The van der Waals surface area contributed by atoms with Gasteiger partial charge in [0.15, 0.2) is 0 Å². The predicted octanol–water partition coefficient (Wildman–Crippen LogP) is 5.79. The number of halogens is 1. The number of rotatable bonds is 14. The van der Waals surface area contributed by atoms with Gasteiger partial charge in [0.25, 0.3) is 0 Å². The summed E-state index contributed by atoms with van der Waals surface area (Å²) < 4.78 is 5.22. The molecule has 3 heteroatoms. The fraction of sp³-hybridized carbons (Fsp3) is 0.824. The lowest BCUT2D eigenvalue weighted by atomic mass is 10.1. The van der Waals surface area contributed by atoms with Crippen molar-refractivity contribution in [2.45, 2.75) is 77.6 Å². The maximum atomic E-state index is 11.5. The molecule has 0 N–H and O–H groups in total. The minimum atomic E-state index is -0.0144. The summed E-state index contributed by atoms with van der Waals surface area (Å²) in [5.74, 6) is -0.0144. The van der Waals surface area contributed by atoms with E-state index in [0.29, 0.717) is 13.0 Å². The smallest absolute Gasteiger partial charge is 0.305 e. The summed E-state index contributed by atoms with van der Waals surface area (Å²) in [6.07, 6.45) is 16.6. The molecule has 0 fully saturated rings. The highest BCUT2D eigenvalue weighted by Gasteiger charge is 2.02. The highest BCUT2D eigenvalue weighted by atomic mass is 79.9. The third-order valence-corrected chi connectivity index (χ3v) is 3.84. The van der Waals surface area contributed by atoms with Crippen LogP contribution >= 0.6 is 15.9 Å². The Morgan fingerprint density at radius 3 is 2.35 bits per heavy atom. The summed E-state index contributed by atoms with van der Waals surface area (Å²) >= 11 is 3.41. The number of esters is 1. The molecule has 0 amide bonds. The van der Waals surface area contributed by atoms with E-state index in [1.54, 1.807) is 0 Å². The SMILES string of the molecule is C/C=C/CCCCCCCC(=O)OCCCCCCBr. The maximum Gasteiger partial charge on any atom is 0.305 e. The van der Waals surface area contributed by atoms with E-state index in [4.69, 9.17) is 4.74 Å². The van der Waals surface area contributed by atoms with E-state index in [1.165, 1.54) is 38.5 Å². The summed E-state index contributed by atoms with van der Waals surface area (Å²) in [4.78, 5) is 11.5. The summed E-state index contributed by atoms with van der Waals surface area (Å²) in [5.41, 5.74) is 0. The van der Waals surface area contributed by atoms with Crippen LogP contribution in [-0.4, -0.2) is 17.9 Å². The molecule has 0 bridgehead atoms. The van der Waals surface area contributed by atoms with Gasteiger partial charge in [0.2, 0.25) is 0 Å². The standard InChI is InChI=1S/C17H31BrO2/c1-2-3-4-5-6-7-8-11-14-17(19)20-16-13-10-9-12-15-18/h2-3H,4-16H2,1H3/b3-2+. The van der Waals surface area contributed by atoms with Crippen LogP contribution in [0.1, 0.15) is 77.6 Å². The summed E-state index contributed by atoms with van der Waals surface area (Å²) in [6, 6.07) is 0. The lowest BCUT2D eigenvalue weighted by Crippen LogP contribution is -2.05. The van der Waals surface area contributed by atoms with Crippen LogP contribution in [-0.2, 0) is 9.53 Å². The number of hydrogen-bond acceptors (Lipinski definition) is 2. The van der Waals surface area contributed by atoms with Crippen LogP contribution in [0.4, 0.5) is 0 Å². The molecule has 118 valence electrons. The molecule has 20 heavy (non-hydrogen) atoms. The number of hydrogen-bond donors (Lipinski definition) is 0. The topological polar surface area (TPSA) is 26.3 Å². The molecule has 0 aliphatic heterocycles. The third kappa shape index (κ3) is 15.7. The average Bonchev–Trinajstić information content (AvgIpc) is 2.45. The fourth-order valence-corrected chi connectivity index (χ4v) is 2.43. The number of ether oxygens (including phenoxy) is 1. The number of unbranched alkanes of at least 4 members (excludes halogenated alkanes) is 8. The quantitative estimate of drug-likeness (QED) is 0.172. The largest absolute Gasteiger partial charge is 0.466 e. The Morgan fingerprint density at radius 2 is 1.60 bits per heavy atom. The van der Waals surface area contributed by atoms with Crippen molar-refractivity contribution in [2.75, 3.05) is 11.9 Å². The van der Waals surface area contributed by atoms with Crippen molar-refractivity contribution in [3.63, 3.8) is 0 Å². The molecule has 0 spiro atoms. The van der Waals surface area contributed by atoms with Crippen molar-refractivity contribution in [2.24, 2.45) is 0 Å². The Balaban J connectivity index is 3.16. The Morgan fingerprint density at radius 1 is 0.950 bits per heavy atom. The molecule has 0 aromatic carbocycles. The van der Waals surface area contributed by atoms with Gasteiger partial charge in [-0.05, 0) is 39.0 Å². The monoisotopic (exact) mass is 346 g/mol. The predicted molar refractivity (Wildman–Crippen MR) is 90.4 cm³/mol. The molecule has 0 heterocycles. The second kappa shape index (κ2) is 16.7. The van der Waals surface area contributed by atoms with E-state index < -0.39 is 0 Å². The molecule has 0 aliphatic rings. The summed E-state index contributed by atoms with van der Waals surface area (Å²) in [6.45, 7) is 2.66. The first-order valence-corrected chi connectivity index (χ1v) is 9.26.